The van der Waals surface area contributed by atoms with Crippen LogP contribution >= 0.6 is 0 Å². The second-order valence-electron chi connectivity index (χ2n) is 3.35. The molecule has 2 rings (SSSR count). The van der Waals surface area contributed by atoms with Crippen molar-refractivity contribution in [3.63, 3.8) is 0 Å². The first-order chi connectivity index (χ1) is 6.81. The van der Waals surface area contributed by atoms with Gasteiger partial charge in [-0.3, -0.25) is 0 Å². The molecule has 1 aromatic carbocycles. The molecule has 0 saturated carbocycles. The molecule has 0 aliphatic rings. The summed E-state index contributed by atoms with van der Waals surface area (Å²) in [5.41, 5.74) is 10.3. The molecule has 0 aliphatic heterocycles. The van der Waals surface area contributed by atoms with Gasteiger partial charge in [0.05, 0.1) is 0 Å². The van der Waals surface area contributed by atoms with Crippen molar-refractivity contribution in [1.82, 2.24) is 4.98 Å². The molecule has 14 heavy (non-hydrogen) atoms. The molecular weight excluding hydrogens is 172 g/mol. The van der Waals surface area contributed by atoms with E-state index in [1.165, 1.54) is 11.1 Å². The third-order valence-electron chi connectivity index (χ3n) is 2.43. The summed E-state index contributed by atoms with van der Waals surface area (Å²) in [6.45, 7) is 2.12. The summed E-state index contributed by atoms with van der Waals surface area (Å²) in [6, 6.07) is 10.2. The Morgan fingerprint density at radius 2 is 2.14 bits per heavy atom. The van der Waals surface area contributed by atoms with Crippen molar-refractivity contribution >= 4 is 5.69 Å². The fourth-order valence-corrected chi connectivity index (χ4v) is 1.59. The fourth-order valence-electron chi connectivity index (χ4n) is 1.59. The van der Waals surface area contributed by atoms with E-state index in [9.17, 15) is 0 Å². The maximum absolute atomic E-state index is 5.84. The van der Waals surface area contributed by atoms with Gasteiger partial charge in [-0.2, -0.15) is 0 Å². The third-order valence-corrected chi connectivity index (χ3v) is 2.43. The molecule has 0 bridgehead atoms. The first-order valence-corrected chi connectivity index (χ1v) is 4.83. The number of H-pyrrole nitrogens is 1. The van der Waals surface area contributed by atoms with Crippen LogP contribution in [-0.2, 0) is 6.42 Å². The van der Waals surface area contributed by atoms with Crippen LogP contribution in [0.1, 0.15) is 12.5 Å². The van der Waals surface area contributed by atoms with E-state index in [2.05, 4.69) is 24.0 Å². The Morgan fingerprint density at radius 1 is 1.29 bits per heavy atom. The lowest BCUT2D eigenvalue weighted by molar-refractivity contribution is 1.14. The number of rotatable bonds is 2. The lowest BCUT2D eigenvalue weighted by Crippen LogP contribution is -1.93. The number of aromatic nitrogens is 1. The van der Waals surface area contributed by atoms with Crippen LogP contribution in [0.4, 0.5) is 5.69 Å². The van der Waals surface area contributed by atoms with Gasteiger partial charge in [0, 0.05) is 17.6 Å². The van der Waals surface area contributed by atoms with Crippen LogP contribution < -0.4 is 5.73 Å². The van der Waals surface area contributed by atoms with Crippen LogP contribution in [0.3, 0.4) is 0 Å². The van der Waals surface area contributed by atoms with Crippen LogP contribution in [0.15, 0.2) is 36.5 Å². The van der Waals surface area contributed by atoms with Gasteiger partial charge in [-0.25, -0.2) is 0 Å². The van der Waals surface area contributed by atoms with E-state index in [1.54, 1.807) is 0 Å². The minimum absolute atomic E-state index is 0.878. The van der Waals surface area contributed by atoms with Gasteiger partial charge in [0.25, 0.3) is 0 Å². The molecule has 0 aliphatic carbocycles. The van der Waals surface area contributed by atoms with E-state index < -0.39 is 0 Å². The molecular formula is C12H14N2. The molecule has 0 unspecified atom stereocenters. The number of aryl methyl sites for hydroxylation is 1. The summed E-state index contributed by atoms with van der Waals surface area (Å²) in [4.78, 5) is 3.18. The molecule has 3 N–H and O–H groups in total. The summed E-state index contributed by atoms with van der Waals surface area (Å²) >= 11 is 0. The molecule has 0 spiro atoms. The van der Waals surface area contributed by atoms with E-state index in [-0.39, 0.29) is 0 Å². The van der Waals surface area contributed by atoms with Crippen molar-refractivity contribution in [2.75, 3.05) is 5.73 Å². The van der Waals surface area contributed by atoms with Crippen molar-refractivity contribution in [1.29, 1.82) is 0 Å². The maximum atomic E-state index is 5.84. The zero-order valence-corrected chi connectivity index (χ0v) is 8.25. The highest BCUT2D eigenvalue weighted by atomic mass is 14.7. The number of anilines is 1. The van der Waals surface area contributed by atoms with Gasteiger partial charge >= 0.3 is 0 Å². The van der Waals surface area contributed by atoms with Crippen LogP contribution in [0.5, 0.6) is 0 Å². The predicted octanol–water partition coefficient (Wildman–Crippen LogP) is 2.83. The topological polar surface area (TPSA) is 41.8 Å². The van der Waals surface area contributed by atoms with Crippen molar-refractivity contribution in [3.05, 3.63) is 42.1 Å². The first-order valence-electron chi connectivity index (χ1n) is 4.83. The molecule has 72 valence electrons. The number of benzene rings is 1. The van der Waals surface area contributed by atoms with E-state index in [1.807, 2.05) is 24.4 Å². The van der Waals surface area contributed by atoms with Gasteiger partial charge in [-0.05, 0) is 41.8 Å². The molecule has 1 heterocycles. The monoisotopic (exact) mass is 186 g/mol. The minimum Gasteiger partial charge on any atom is -0.399 e. The Bertz CT molecular complexity index is 416. The van der Waals surface area contributed by atoms with E-state index in [0.29, 0.717) is 0 Å². The zero-order valence-electron chi connectivity index (χ0n) is 8.25. The summed E-state index contributed by atoms with van der Waals surface area (Å²) < 4.78 is 0. The quantitative estimate of drug-likeness (QED) is 0.696. The highest BCUT2D eigenvalue weighted by Crippen LogP contribution is 2.22. The molecule has 2 aromatic rings. The molecule has 2 nitrogen and oxygen atoms in total. The molecule has 0 saturated heterocycles. The first kappa shape index (κ1) is 8.88. The number of hydrogen-bond acceptors (Lipinski definition) is 1. The minimum atomic E-state index is 0.878. The number of aromatic amines is 1. The van der Waals surface area contributed by atoms with Crippen LogP contribution in [0.2, 0.25) is 0 Å². The molecule has 0 fully saturated rings. The zero-order chi connectivity index (χ0) is 9.97. The van der Waals surface area contributed by atoms with Gasteiger partial charge in [0.1, 0.15) is 0 Å². The van der Waals surface area contributed by atoms with Crippen LogP contribution in [-0.4, -0.2) is 4.98 Å². The average Bonchev–Trinajstić information content (AvgIpc) is 2.71. The summed E-state index contributed by atoms with van der Waals surface area (Å²) in [6.07, 6.45) is 2.90. The maximum Gasteiger partial charge on any atom is 0.0454 e. The SMILES string of the molecule is CCc1cc(-c2ccc[nH]2)ccc1N. The van der Waals surface area contributed by atoms with Gasteiger partial charge in [-0.15, -0.1) is 0 Å². The van der Waals surface area contributed by atoms with Crippen molar-refractivity contribution < 1.29 is 0 Å². The van der Waals surface area contributed by atoms with Gasteiger partial charge in [0.2, 0.25) is 0 Å². The Balaban J connectivity index is 2.46. The summed E-state index contributed by atoms with van der Waals surface area (Å²) in [5.74, 6) is 0. The number of hydrogen-bond donors (Lipinski definition) is 2. The number of nitrogen functional groups attached to an aromatic ring is 1. The average molecular weight is 186 g/mol. The smallest absolute Gasteiger partial charge is 0.0454 e. The Labute approximate surface area is 83.8 Å². The largest absolute Gasteiger partial charge is 0.399 e. The molecule has 2 heteroatoms. The molecule has 1 aromatic heterocycles. The van der Waals surface area contributed by atoms with Crippen molar-refractivity contribution in [3.8, 4) is 11.3 Å². The van der Waals surface area contributed by atoms with Crippen LogP contribution in [0.25, 0.3) is 11.3 Å². The van der Waals surface area contributed by atoms with Crippen molar-refractivity contribution in [2.24, 2.45) is 0 Å². The lowest BCUT2D eigenvalue weighted by atomic mass is 10.0. The molecule has 0 radical (unpaired) electrons. The van der Waals surface area contributed by atoms with E-state index >= 15 is 0 Å². The van der Waals surface area contributed by atoms with E-state index in [4.69, 9.17) is 5.73 Å². The van der Waals surface area contributed by atoms with Gasteiger partial charge in [0.15, 0.2) is 0 Å². The second kappa shape index (κ2) is 3.58. The van der Waals surface area contributed by atoms with Crippen LogP contribution in [0, 0.1) is 0 Å². The summed E-state index contributed by atoms with van der Waals surface area (Å²) in [5, 5.41) is 0. The van der Waals surface area contributed by atoms with E-state index in [0.717, 1.165) is 17.8 Å². The highest BCUT2D eigenvalue weighted by molar-refractivity contribution is 5.64. The molecule has 0 atom stereocenters. The van der Waals surface area contributed by atoms with Gasteiger partial charge in [-0.1, -0.05) is 13.0 Å². The third kappa shape index (κ3) is 1.51. The number of nitrogens with one attached hydrogen (secondary N) is 1. The Kier molecular flexibility index (Phi) is 2.27. The van der Waals surface area contributed by atoms with Gasteiger partial charge < -0.3 is 10.7 Å². The van der Waals surface area contributed by atoms with Crippen molar-refractivity contribution in [2.45, 2.75) is 13.3 Å². The fraction of sp³-hybridized carbons (Fsp3) is 0.167. The molecule has 0 amide bonds. The highest BCUT2D eigenvalue weighted by Gasteiger charge is 2.01. The Hall–Kier alpha value is -1.70. The normalized spacial score (nSPS) is 10.4. The number of nitrogens with two attached hydrogens (primary N) is 1. The lowest BCUT2D eigenvalue weighted by Gasteiger charge is -2.05. The predicted molar refractivity (Wildman–Crippen MR) is 60.0 cm³/mol. The Morgan fingerprint density at radius 3 is 2.79 bits per heavy atom. The standard InChI is InChI=1S/C12H14N2/c1-2-9-8-10(5-6-11(9)13)12-4-3-7-14-12/h3-8,14H,2,13H2,1H3. The second-order valence-corrected chi connectivity index (χ2v) is 3.35. The summed E-state index contributed by atoms with van der Waals surface area (Å²) in [7, 11) is 0.